The largest absolute Gasteiger partial charge is 0.400 e. The molecule has 0 aromatic heterocycles. The van der Waals surface area contributed by atoms with Gasteiger partial charge in [-0.3, -0.25) is 0 Å². The molecule has 0 amide bonds. The Bertz CT molecular complexity index is 250. The molecule has 6 heteroatoms. The van der Waals surface area contributed by atoms with Crippen LogP contribution in [0.2, 0.25) is 0 Å². The van der Waals surface area contributed by atoms with E-state index < -0.39 is 42.4 Å². The van der Waals surface area contributed by atoms with Crippen molar-refractivity contribution in [3.63, 3.8) is 0 Å². The van der Waals surface area contributed by atoms with Crippen LogP contribution in [0.15, 0.2) is 0 Å². The standard InChI is InChI=1S/C7H7F5O/c8-6(9)4(3-13)1-5(6,2-4)7(10,11)12/h13H,1-3H2. The summed E-state index contributed by atoms with van der Waals surface area (Å²) in [6, 6.07) is 0. The van der Waals surface area contributed by atoms with Crippen molar-refractivity contribution in [2.24, 2.45) is 10.8 Å². The van der Waals surface area contributed by atoms with Crippen LogP contribution in [0.1, 0.15) is 12.8 Å². The Morgan fingerprint density at radius 3 is 1.85 bits per heavy atom. The van der Waals surface area contributed by atoms with E-state index in [9.17, 15) is 22.0 Å². The minimum atomic E-state index is -4.85. The number of rotatable bonds is 1. The van der Waals surface area contributed by atoms with E-state index in [2.05, 4.69) is 0 Å². The van der Waals surface area contributed by atoms with E-state index in [-0.39, 0.29) is 0 Å². The Labute approximate surface area is 70.5 Å². The molecule has 3 fully saturated rings. The normalized spacial score (nSPS) is 46.6. The maximum Gasteiger partial charge on any atom is 0.400 e. The topological polar surface area (TPSA) is 20.2 Å². The van der Waals surface area contributed by atoms with Crippen LogP contribution >= 0.6 is 0 Å². The lowest BCUT2D eigenvalue weighted by Gasteiger charge is -2.74. The third kappa shape index (κ3) is 0.619. The Morgan fingerprint density at radius 2 is 1.62 bits per heavy atom. The molecule has 0 heterocycles. The Balaban J connectivity index is 2.28. The fourth-order valence-electron chi connectivity index (χ4n) is 2.43. The minimum Gasteiger partial charge on any atom is -0.396 e. The average Bonchev–Trinajstić information content (AvgIpc) is 1.81. The predicted octanol–water partition coefficient (Wildman–Crippen LogP) is 1.96. The van der Waals surface area contributed by atoms with Crippen LogP contribution < -0.4 is 0 Å². The van der Waals surface area contributed by atoms with Crippen molar-refractivity contribution in [2.45, 2.75) is 24.9 Å². The van der Waals surface area contributed by atoms with Gasteiger partial charge in [0.15, 0.2) is 0 Å². The number of hydrogen-bond donors (Lipinski definition) is 1. The van der Waals surface area contributed by atoms with Gasteiger partial charge in [0.2, 0.25) is 0 Å². The Hall–Kier alpha value is -0.390. The van der Waals surface area contributed by atoms with Crippen LogP contribution in [-0.4, -0.2) is 23.8 Å². The van der Waals surface area contributed by atoms with E-state index in [1.54, 1.807) is 0 Å². The average molecular weight is 202 g/mol. The van der Waals surface area contributed by atoms with Crippen LogP contribution in [0, 0.1) is 10.8 Å². The molecule has 3 rings (SSSR count). The zero-order chi connectivity index (χ0) is 10.1. The molecule has 0 spiro atoms. The van der Waals surface area contributed by atoms with Crippen LogP contribution in [0.5, 0.6) is 0 Å². The van der Waals surface area contributed by atoms with Gasteiger partial charge in [-0.1, -0.05) is 0 Å². The lowest BCUT2D eigenvalue weighted by Crippen LogP contribution is -2.84. The molecular weight excluding hydrogens is 195 g/mol. The van der Waals surface area contributed by atoms with Crippen molar-refractivity contribution < 1.29 is 27.1 Å². The molecule has 76 valence electrons. The van der Waals surface area contributed by atoms with Crippen LogP contribution in [-0.2, 0) is 0 Å². The smallest absolute Gasteiger partial charge is 0.396 e. The fourth-order valence-corrected chi connectivity index (χ4v) is 2.43. The lowest BCUT2D eigenvalue weighted by atomic mass is 9.32. The Morgan fingerprint density at radius 1 is 1.15 bits per heavy atom. The summed E-state index contributed by atoms with van der Waals surface area (Å²) in [5.74, 6) is -3.77. The summed E-state index contributed by atoms with van der Waals surface area (Å²) < 4.78 is 62.3. The third-order valence-electron chi connectivity index (χ3n) is 3.39. The highest BCUT2D eigenvalue weighted by Gasteiger charge is 2.95. The van der Waals surface area contributed by atoms with Gasteiger partial charge in [-0.05, 0) is 12.8 Å². The maximum absolute atomic E-state index is 12.9. The molecule has 3 aliphatic rings. The molecule has 1 N–H and O–H groups in total. The quantitative estimate of drug-likeness (QED) is 0.644. The second kappa shape index (κ2) is 1.85. The van der Waals surface area contributed by atoms with Gasteiger partial charge in [0.1, 0.15) is 5.41 Å². The number of halogens is 5. The van der Waals surface area contributed by atoms with Crippen molar-refractivity contribution >= 4 is 0 Å². The van der Waals surface area contributed by atoms with Crippen LogP contribution in [0.25, 0.3) is 0 Å². The van der Waals surface area contributed by atoms with Crippen molar-refractivity contribution in [3.05, 3.63) is 0 Å². The summed E-state index contributed by atoms with van der Waals surface area (Å²) in [6.45, 7) is -0.863. The molecule has 0 aliphatic heterocycles. The lowest BCUT2D eigenvalue weighted by molar-refractivity contribution is -0.493. The Kier molecular flexibility index (Phi) is 1.30. The van der Waals surface area contributed by atoms with Crippen molar-refractivity contribution in [2.75, 3.05) is 6.61 Å². The van der Waals surface area contributed by atoms with Crippen molar-refractivity contribution in [1.29, 1.82) is 0 Å². The zero-order valence-corrected chi connectivity index (χ0v) is 6.46. The monoisotopic (exact) mass is 202 g/mol. The molecule has 3 saturated carbocycles. The predicted molar refractivity (Wildman–Crippen MR) is 32.2 cm³/mol. The third-order valence-corrected chi connectivity index (χ3v) is 3.39. The first kappa shape index (κ1) is 9.18. The SMILES string of the molecule is OCC12CC(C(F)(F)F)(C1)C2(F)F. The second-order valence-electron chi connectivity index (χ2n) is 3.95. The van der Waals surface area contributed by atoms with Gasteiger partial charge in [-0.2, -0.15) is 13.2 Å². The summed E-state index contributed by atoms with van der Waals surface area (Å²) >= 11 is 0. The number of aliphatic hydroxyl groups excluding tert-OH is 1. The van der Waals surface area contributed by atoms with E-state index in [4.69, 9.17) is 5.11 Å². The first-order chi connectivity index (χ1) is 5.72. The minimum absolute atomic E-state index is 0.632. The molecule has 13 heavy (non-hydrogen) atoms. The highest BCUT2D eigenvalue weighted by atomic mass is 19.4. The molecule has 0 aromatic rings. The van der Waals surface area contributed by atoms with E-state index in [1.165, 1.54) is 0 Å². The summed E-state index contributed by atoms with van der Waals surface area (Å²) in [7, 11) is 0. The van der Waals surface area contributed by atoms with E-state index in [0.29, 0.717) is 0 Å². The summed E-state index contributed by atoms with van der Waals surface area (Å²) in [6.07, 6.45) is -6.12. The number of alkyl halides is 5. The summed E-state index contributed by atoms with van der Waals surface area (Å²) in [5.41, 5.74) is -4.61. The molecule has 0 aromatic carbocycles. The van der Waals surface area contributed by atoms with E-state index in [0.717, 1.165) is 0 Å². The number of aliphatic hydroxyl groups is 1. The van der Waals surface area contributed by atoms with Gasteiger partial charge in [0, 0.05) is 0 Å². The van der Waals surface area contributed by atoms with Gasteiger partial charge >= 0.3 is 6.18 Å². The molecule has 0 unspecified atom stereocenters. The molecule has 0 saturated heterocycles. The molecule has 3 aliphatic carbocycles. The van der Waals surface area contributed by atoms with Gasteiger partial charge in [-0.15, -0.1) is 0 Å². The van der Waals surface area contributed by atoms with Crippen LogP contribution in [0.4, 0.5) is 22.0 Å². The van der Waals surface area contributed by atoms with Crippen LogP contribution in [0.3, 0.4) is 0 Å². The molecule has 2 bridgehead atoms. The first-order valence-electron chi connectivity index (χ1n) is 3.78. The van der Waals surface area contributed by atoms with Gasteiger partial charge in [0.05, 0.1) is 12.0 Å². The first-order valence-corrected chi connectivity index (χ1v) is 3.78. The molecule has 0 radical (unpaired) electrons. The maximum atomic E-state index is 12.9. The number of hydrogen-bond acceptors (Lipinski definition) is 1. The zero-order valence-electron chi connectivity index (χ0n) is 6.46. The van der Waals surface area contributed by atoms with Crippen molar-refractivity contribution in [3.8, 4) is 0 Å². The molecular formula is C7H7F5O. The van der Waals surface area contributed by atoms with Gasteiger partial charge in [-0.25, -0.2) is 8.78 Å². The summed E-state index contributed by atoms with van der Waals surface area (Å²) in [5, 5.41) is 8.55. The van der Waals surface area contributed by atoms with Gasteiger partial charge in [0.25, 0.3) is 5.92 Å². The summed E-state index contributed by atoms with van der Waals surface area (Å²) in [4.78, 5) is 0. The highest BCUT2D eigenvalue weighted by molar-refractivity contribution is 5.31. The van der Waals surface area contributed by atoms with Crippen molar-refractivity contribution in [1.82, 2.24) is 0 Å². The highest BCUT2D eigenvalue weighted by Crippen LogP contribution is 2.85. The molecule has 0 atom stereocenters. The van der Waals surface area contributed by atoms with E-state index >= 15 is 0 Å². The second-order valence-corrected chi connectivity index (χ2v) is 3.95. The van der Waals surface area contributed by atoms with E-state index in [1.807, 2.05) is 0 Å². The molecule has 1 nitrogen and oxygen atoms in total. The van der Waals surface area contributed by atoms with Gasteiger partial charge < -0.3 is 5.11 Å². The fraction of sp³-hybridized carbons (Fsp3) is 1.00.